The Morgan fingerprint density at radius 1 is 1.57 bits per heavy atom. The molecule has 3 atom stereocenters. The molecule has 0 aromatic rings. The smallest absolute Gasteiger partial charge is 0.199 e. The minimum atomic E-state index is -0.700. The predicted octanol–water partition coefficient (Wildman–Crippen LogP) is 0.147. The van der Waals surface area contributed by atoms with Crippen LogP contribution in [0.5, 0.6) is 0 Å². The van der Waals surface area contributed by atoms with Crippen molar-refractivity contribution in [2.75, 3.05) is 25.6 Å². The molecule has 21 heavy (non-hydrogen) atoms. The lowest BCUT2D eigenvalue weighted by Crippen LogP contribution is -2.25. The van der Waals surface area contributed by atoms with Crippen LogP contribution in [0.25, 0.3) is 11.5 Å². The quantitative estimate of drug-likeness (QED) is 0.694. The molecule has 0 aromatic carbocycles. The highest BCUT2D eigenvalue weighted by Gasteiger charge is 2.36. The van der Waals surface area contributed by atoms with Crippen molar-refractivity contribution in [2.45, 2.75) is 24.9 Å². The number of hydrogen-bond acceptors (Lipinski definition) is 7. The highest BCUT2D eigenvalue weighted by Crippen LogP contribution is 2.35. The number of nitrogens with zero attached hydrogens (tertiary/aromatic N) is 4. The summed E-state index contributed by atoms with van der Waals surface area (Å²) in [6.45, 7) is -0.217. The van der Waals surface area contributed by atoms with Gasteiger partial charge in [-0.1, -0.05) is 0 Å². The van der Waals surface area contributed by atoms with Gasteiger partial charge in [0.15, 0.2) is 10.6 Å². The van der Waals surface area contributed by atoms with Crippen molar-refractivity contribution in [2.24, 2.45) is 0 Å². The van der Waals surface area contributed by atoms with E-state index in [1.165, 1.54) is 0 Å². The third kappa shape index (κ3) is 2.42. The molecule has 0 radical (unpaired) electrons. The van der Waals surface area contributed by atoms with Crippen LogP contribution in [0.15, 0.2) is 6.33 Å². The Balaban J connectivity index is 2.08. The minimum Gasteiger partial charge on any atom is -0.394 e. The third-order valence-corrected chi connectivity index (χ3v) is 3.75. The number of aromatic nitrogens is 4. The Hall–Kier alpha value is -1.55. The second kappa shape index (κ2) is 5.34. The number of hydrogen-bond donors (Lipinski definition) is 3. The van der Waals surface area contributed by atoms with Crippen LogP contribution in [0.3, 0.4) is 0 Å². The average molecular weight is 311 g/mol. The largest absolute Gasteiger partial charge is 0.394 e. The average Bonchev–Trinajstić information content (AvgIpc) is 2.98. The van der Waals surface area contributed by atoms with Crippen molar-refractivity contribution in [1.29, 1.82) is 0 Å². The van der Waals surface area contributed by atoms with Crippen molar-refractivity contribution >= 4 is 18.0 Å². The Morgan fingerprint density at radius 3 is 2.95 bits per heavy atom. The summed E-state index contributed by atoms with van der Waals surface area (Å²) in [5.41, 5.74) is 0.720. The van der Waals surface area contributed by atoms with Gasteiger partial charge in [0.2, 0.25) is 0 Å². The van der Waals surface area contributed by atoms with Crippen molar-refractivity contribution < 1.29 is 14.9 Å². The molecule has 9 heteroatoms. The molecule has 0 aliphatic carbocycles. The van der Waals surface area contributed by atoms with Gasteiger partial charge in [0, 0.05) is 20.5 Å². The molecule has 3 aliphatic heterocycles. The first kappa shape index (κ1) is 14.4. The monoisotopic (exact) mass is 311 g/mol. The third-order valence-electron chi connectivity index (χ3n) is 3.55. The number of H-pyrrole nitrogens is 1. The summed E-state index contributed by atoms with van der Waals surface area (Å²) in [6.07, 6.45) is 0.325. The number of aliphatic hydroxyl groups is 2. The fourth-order valence-corrected chi connectivity index (χ4v) is 2.80. The summed E-state index contributed by atoms with van der Waals surface area (Å²) in [6, 6.07) is 0. The number of aromatic amines is 1. The van der Waals surface area contributed by atoms with E-state index in [9.17, 15) is 10.2 Å². The van der Waals surface area contributed by atoms with Crippen LogP contribution >= 0.6 is 12.2 Å². The lowest BCUT2D eigenvalue weighted by Gasteiger charge is -2.25. The van der Waals surface area contributed by atoms with Crippen LogP contribution in [0, 0.1) is 4.77 Å². The van der Waals surface area contributed by atoms with E-state index < -0.39 is 18.4 Å². The zero-order valence-electron chi connectivity index (χ0n) is 11.7. The number of ether oxygens (including phenoxy) is 1. The van der Waals surface area contributed by atoms with Gasteiger partial charge in [-0.2, -0.15) is 4.98 Å². The lowest BCUT2D eigenvalue weighted by molar-refractivity contribution is -0.0442. The second-order valence-corrected chi connectivity index (χ2v) is 5.61. The molecule has 3 aliphatic rings. The molecule has 1 unspecified atom stereocenters. The molecule has 8 nitrogen and oxygen atoms in total. The first-order chi connectivity index (χ1) is 10.0. The predicted molar refractivity (Wildman–Crippen MR) is 77.8 cm³/mol. The summed E-state index contributed by atoms with van der Waals surface area (Å²) < 4.78 is 7.88. The normalized spacial score (nSPS) is 25.6. The van der Waals surface area contributed by atoms with Crippen LogP contribution in [-0.2, 0) is 4.74 Å². The summed E-state index contributed by atoms with van der Waals surface area (Å²) in [5.74, 6) is 1.34. The standard InChI is InChI=1S/C12H17N5O3S/c1-16(2)11-9-10(15-12(21)14-9)13-5-17(11)8-3-6(19)7(4-18)20-8/h5-8,18-19H,3-4H2,1-2H3,(H,14,21)/t6-,7+,8?/m0/s1. The van der Waals surface area contributed by atoms with Gasteiger partial charge in [0.1, 0.15) is 30.2 Å². The zero-order valence-corrected chi connectivity index (χ0v) is 12.5. The highest BCUT2D eigenvalue weighted by molar-refractivity contribution is 7.71. The first-order valence-electron chi connectivity index (χ1n) is 6.60. The first-order valence-corrected chi connectivity index (χ1v) is 7.00. The Kier molecular flexibility index (Phi) is 3.66. The molecule has 1 fully saturated rings. The van der Waals surface area contributed by atoms with E-state index in [1.807, 2.05) is 23.6 Å². The summed E-state index contributed by atoms with van der Waals surface area (Å²) in [7, 11) is 3.79. The van der Waals surface area contributed by atoms with E-state index in [-0.39, 0.29) is 6.61 Å². The molecule has 3 rings (SSSR count). The maximum Gasteiger partial charge on any atom is 0.199 e. The van der Waals surface area contributed by atoms with Crippen molar-refractivity contribution in [3.63, 3.8) is 0 Å². The van der Waals surface area contributed by atoms with Crippen LogP contribution in [0.2, 0.25) is 0 Å². The SMILES string of the molecule is CN(C)c1c2[nH]c(=S)nc-2ncn1C1C[C@H](O)[C@@H](CO)O1. The van der Waals surface area contributed by atoms with Gasteiger partial charge in [-0.3, -0.25) is 4.57 Å². The molecule has 0 aromatic heterocycles. The fourth-order valence-electron chi connectivity index (χ4n) is 2.61. The molecule has 3 N–H and O–H groups in total. The van der Waals surface area contributed by atoms with Crippen molar-refractivity contribution in [1.82, 2.24) is 19.5 Å². The maximum atomic E-state index is 9.90. The van der Waals surface area contributed by atoms with E-state index in [2.05, 4.69) is 15.0 Å². The number of rotatable bonds is 3. The van der Waals surface area contributed by atoms with Gasteiger partial charge in [0.25, 0.3) is 0 Å². The summed E-state index contributed by atoms with van der Waals surface area (Å²) in [5, 5.41) is 19.1. The van der Waals surface area contributed by atoms with Crippen LogP contribution in [0.1, 0.15) is 12.6 Å². The maximum absolute atomic E-state index is 9.90. The molecule has 0 spiro atoms. The minimum absolute atomic E-state index is 0.217. The van der Waals surface area contributed by atoms with Gasteiger partial charge in [-0.25, -0.2) is 4.98 Å². The Bertz CT molecular complexity index is 669. The van der Waals surface area contributed by atoms with E-state index in [0.717, 1.165) is 11.5 Å². The van der Waals surface area contributed by atoms with E-state index in [4.69, 9.17) is 17.0 Å². The number of aliphatic hydroxyl groups excluding tert-OH is 2. The zero-order chi connectivity index (χ0) is 15.1. The van der Waals surface area contributed by atoms with Crippen LogP contribution in [-0.4, -0.2) is 62.6 Å². The number of anilines is 1. The second-order valence-electron chi connectivity index (χ2n) is 5.23. The molecule has 0 saturated carbocycles. The Morgan fingerprint density at radius 2 is 2.33 bits per heavy atom. The van der Waals surface area contributed by atoms with Gasteiger partial charge >= 0.3 is 0 Å². The molecule has 0 bridgehead atoms. The molecule has 3 heterocycles. The fraction of sp³-hybridized carbons (Fsp3) is 0.583. The molecule has 0 amide bonds. The van der Waals surface area contributed by atoms with E-state index in [0.29, 0.717) is 17.0 Å². The van der Waals surface area contributed by atoms with Gasteiger partial charge in [0.05, 0.1) is 12.7 Å². The van der Waals surface area contributed by atoms with Crippen molar-refractivity contribution in [3.8, 4) is 11.5 Å². The van der Waals surface area contributed by atoms with Gasteiger partial charge < -0.3 is 24.8 Å². The van der Waals surface area contributed by atoms with Gasteiger partial charge in [-0.05, 0) is 12.2 Å². The molecular formula is C12H17N5O3S. The number of fused-ring (bicyclic) bond motifs is 1. The Labute approximate surface area is 126 Å². The molecular weight excluding hydrogens is 294 g/mol. The lowest BCUT2D eigenvalue weighted by atomic mass is 10.2. The molecule has 114 valence electrons. The highest BCUT2D eigenvalue weighted by atomic mass is 32.1. The summed E-state index contributed by atoms with van der Waals surface area (Å²) in [4.78, 5) is 13.3. The van der Waals surface area contributed by atoms with Crippen LogP contribution < -0.4 is 4.90 Å². The number of nitrogens with one attached hydrogen (secondary N) is 1. The van der Waals surface area contributed by atoms with E-state index >= 15 is 0 Å². The molecule has 1 saturated heterocycles. The number of imidazole rings is 1. The van der Waals surface area contributed by atoms with Gasteiger partial charge in [-0.15, -0.1) is 0 Å². The van der Waals surface area contributed by atoms with Crippen LogP contribution in [0.4, 0.5) is 5.82 Å². The summed E-state index contributed by atoms with van der Waals surface area (Å²) >= 11 is 5.05. The van der Waals surface area contributed by atoms with Crippen molar-refractivity contribution in [3.05, 3.63) is 11.1 Å². The van der Waals surface area contributed by atoms with E-state index in [1.54, 1.807) is 6.33 Å². The topological polar surface area (TPSA) is 99.4 Å².